The minimum atomic E-state index is -4.04. The smallest absolute Gasteiger partial charge is 0.261 e. The van der Waals surface area contributed by atoms with Gasteiger partial charge in [-0.3, -0.25) is 9.52 Å². The monoisotopic (exact) mass is 402 g/mol. The zero-order chi connectivity index (χ0) is 20.3. The van der Waals surface area contributed by atoms with Crippen LogP contribution in [-0.2, 0) is 10.0 Å². The third kappa shape index (κ3) is 4.34. The number of halogens is 2. The molecular weight excluding hydrogens is 386 g/mol. The molecule has 0 bridgehead atoms. The van der Waals surface area contributed by atoms with Crippen LogP contribution in [0.5, 0.6) is 0 Å². The Morgan fingerprint density at radius 3 is 2.36 bits per heavy atom. The van der Waals surface area contributed by atoms with Gasteiger partial charge in [-0.2, -0.15) is 0 Å². The SMILES string of the molecule is Cc1ccc(S(=O)(=O)Nc2cccc(C(=O)Nc3ccccc3F)c2)cc1F. The maximum atomic E-state index is 13.7. The second-order valence-corrected chi connectivity index (χ2v) is 7.71. The quantitative estimate of drug-likeness (QED) is 0.667. The summed E-state index contributed by atoms with van der Waals surface area (Å²) in [6, 6.07) is 14.9. The number of para-hydroxylation sites is 1. The number of hydrogen-bond donors (Lipinski definition) is 2. The summed E-state index contributed by atoms with van der Waals surface area (Å²) in [5.41, 5.74) is 0.570. The zero-order valence-corrected chi connectivity index (χ0v) is 15.6. The van der Waals surface area contributed by atoms with Crippen molar-refractivity contribution in [1.29, 1.82) is 0 Å². The van der Waals surface area contributed by atoms with Gasteiger partial charge in [-0.25, -0.2) is 17.2 Å². The fourth-order valence-electron chi connectivity index (χ4n) is 2.44. The van der Waals surface area contributed by atoms with Gasteiger partial charge in [0.1, 0.15) is 11.6 Å². The van der Waals surface area contributed by atoms with Gasteiger partial charge in [0.05, 0.1) is 10.6 Å². The van der Waals surface area contributed by atoms with Gasteiger partial charge in [0, 0.05) is 11.3 Å². The molecule has 3 rings (SSSR count). The van der Waals surface area contributed by atoms with Crippen LogP contribution in [0.4, 0.5) is 20.2 Å². The molecule has 0 saturated carbocycles. The van der Waals surface area contributed by atoms with E-state index in [2.05, 4.69) is 10.0 Å². The molecular formula is C20H16F2N2O3S. The topological polar surface area (TPSA) is 75.3 Å². The van der Waals surface area contributed by atoms with Crippen LogP contribution >= 0.6 is 0 Å². The molecule has 8 heteroatoms. The van der Waals surface area contributed by atoms with Crippen molar-refractivity contribution in [3.8, 4) is 0 Å². The normalized spacial score (nSPS) is 11.1. The first-order valence-electron chi connectivity index (χ1n) is 8.21. The van der Waals surface area contributed by atoms with Gasteiger partial charge in [0.2, 0.25) is 0 Å². The zero-order valence-electron chi connectivity index (χ0n) is 14.7. The van der Waals surface area contributed by atoms with Crippen molar-refractivity contribution >= 4 is 27.3 Å². The summed E-state index contributed by atoms with van der Waals surface area (Å²) in [4.78, 5) is 12.1. The Morgan fingerprint density at radius 2 is 1.64 bits per heavy atom. The molecule has 0 aliphatic carbocycles. The molecule has 5 nitrogen and oxygen atoms in total. The molecule has 0 aliphatic heterocycles. The highest BCUT2D eigenvalue weighted by Gasteiger charge is 2.17. The molecule has 3 aromatic rings. The van der Waals surface area contributed by atoms with Gasteiger partial charge in [-0.1, -0.05) is 24.3 Å². The number of aryl methyl sites for hydroxylation is 1. The largest absolute Gasteiger partial charge is 0.319 e. The minimum Gasteiger partial charge on any atom is -0.319 e. The Balaban J connectivity index is 1.82. The maximum Gasteiger partial charge on any atom is 0.261 e. The molecule has 0 aromatic heterocycles. The second kappa shape index (κ2) is 7.77. The first-order valence-corrected chi connectivity index (χ1v) is 9.69. The molecule has 0 unspecified atom stereocenters. The number of rotatable bonds is 5. The highest BCUT2D eigenvalue weighted by molar-refractivity contribution is 7.92. The van der Waals surface area contributed by atoms with Gasteiger partial charge < -0.3 is 5.32 Å². The third-order valence-electron chi connectivity index (χ3n) is 3.95. The van der Waals surface area contributed by atoms with E-state index >= 15 is 0 Å². The van der Waals surface area contributed by atoms with Crippen LogP contribution in [0.25, 0.3) is 0 Å². The van der Waals surface area contributed by atoms with Crippen molar-refractivity contribution in [2.75, 3.05) is 10.0 Å². The van der Waals surface area contributed by atoms with Crippen LogP contribution < -0.4 is 10.0 Å². The van der Waals surface area contributed by atoms with Crippen molar-refractivity contribution < 1.29 is 22.0 Å². The Bertz CT molecular complexity index is 1150. The molecule has 28 heavy (non-hydrogen) atoms. The van der Waals surface area contributed by atoms with Crippen LogP contribution in [0, 0.1) is 18.6 Å². The molecule has 1 amide bonds. The van der Waals surface area contributed by atoms with Crippen molar-refractivity contribution in [1.82, 2.24) is 0 Å². The number of benzene rings is 3. The van der Waals surface area contributed by atoms with Crippen molar-refractivity contribution in [3.05, 3.63) is 89.5 Å². The van der Waals surface area contributed by atoms with Crippen LogP contribution in [0.15, 0.2) is 71.6 Å². The summed E-state index contributed by atoms with van der Waals surface area (Å²) in [6.07, 6.45) is 0. The van der Waals surface area contributed by atoms with E-state index in [1.165, 1.54) is 61.5 Å². The van der Waals surface area contributed by atoms with Crippen LogP contribution in [0.1, 0.15) is 15.9 Å². The van der Waals surface area contributed by atoms with E-state index in [-0.39, 0.29) is 21.8 Å². The lowest BCUT2D eigenvalue weighted by atomic mass is 10.2. The Kier molecular flexibility index (Phi) is 5.41. The standard InChI is InChI=1S/C20H16F2N2O3S/c1-13-9-10-16(12-18(13)22)28(26,27)24-15-6-4-5-14(11-15)20(25)23-19-8-3-2-7-17(19)21/h2-12,24H,1H3,(H,23,25). The van der Waals surface area contributed by atoms with Crippen molar-refractivity contribution in [2.45, 2.75) is 11.8 Å². The van der Waals surface area contributed by atoms with E-state index in [1.807, 2.05) is 0 Å². The lowest BCUT2D eigenvalue weighted by Crippen LogP contribution is -2.15. The summed E-state index contributed by atoms with van der Waals surface area (Å²) >= 11 is 0. The fraction of sp³-hybridized carbons (Fsp3) is 0.0500. The first-order chi connectivity index (χ1) is 13.3. The van der Waals surface area contributed by atoms with E-state index in [1.54, 1.807) is 6.07 Å². The Morgan fingerprint density at radius 1 is 0.893 bits per heavy atom. The first kappa shape index (κ1) is 19.5. The molecule has 0 aliphatic rings. The number of nitrogens with one attached hydrogen (secondary N) is 2. The highest BCUT2D eigenvalue weighted by atomic mass is 32.2. The Hall–Kier alpha value is -3.26. The average molecular weight is 402 g/mol. The fourth-order valence-corrected chi connectivity index (χ4v) is 3.50. The molecule has 2 N–H and O–H groups in total. The molecule has 144 valence electrons. The van der Waals surface area contributed by atoms with Gasteiger partial charge in [0.25, 0.3) is 15.9 Å². The van der Waals surface area contributed by atoms with E-state index in [0.29, 0.717) is 5.56 Å². The lowest BCUT2D eigenvalue weighted by molar-refractivity contribution is 0.102. The molecule has 0 saturated heterocycles. The molecule has 0 fully saturated rings. The Labute approximate surface area is 161 Å². The van der Waals surface area contributed by atoms with E-state index in [0.717, 1.165) is 6.07 Å². The second-order valence-electron chi connectivity index (χ2n) is 6.03. The van der Waals surface area contributed by atoms with E-state index in [9.17, 15) is 22.0 Å². The van der Waals surface area contributed by atoms with Crippen LogP contribution in [0.2, 0.25) is 0 Å². The predicted octanol–water partition coefficient (Wildman–Crippen LogP) is 4.33. The number of sulfonamides is 1. The predicted molar refractivity (Wildman–Crippen MR) is 103 cm³/mol. The third-order valence-corrected chi connectivity index (χ3v) is 5.33. The van der Waals surface area contributed by atoms with E-state index in [4.69, 9.17) is 0 Å². The van der Waals surface area contributed by atoms with Gasteiger partial charge in [-0.15, -0.1) is 0 Å². The molecule has 0 heterocycles. The van der Waals surface area contributed by atoms with Crippen molar-refractivity contribution in [2.24, 2.45) is 0 Å². The average Bonchev–Trinajstić information content (AvgIpc) is 2.65. The lowest BCUT2D eigenvalue weighted by Gasteiger charge is -2.11. The van der Waals surface area contributed by atoms with Gasteiger partial charge in [-0.05, 0) is 55.0 Å². The number of carbonyl (C=O) groups is 1. The molecule has 0 atom stereocenters. The summed E-state index contributed by atoms with van der Waals surface area (Å²) < 4.78 is 54.6. The number of carbonyl (C=O) groups excluding carboxylic acids is 1. The van der Waals surface area contributed by atoms with Crippen LogP contribution in [-0.4, -0.2) is 14.3 Å². The number of hydrogen-bond acceptors (Lipinski definition) is 3. The summed E-state index contributed by atoms with van der Waals surface area (Å²) in [7, 11) is -4.04. The molecule has 0 spiro atoms. The number of anilines is 2. The van der Waals surface area contributed by atoms with Crippen molar-refractivity contribution in [3.63, 3.8) is 0 Å². The maximum absolute atomic E-state index is 13.7. The molecule has 3 aromatic carbocycles. The summed E-state index contributed by atoms with van der Waals surface area (Å²) in [5.74, 6) is -1.83. The van der Waals surface area contributed by atoms with Gasteiger partial charge in [0.15, 0.2) is 0 Å². The minimum absolute atomic E-state index is 0.00798. The van der Waals surface area contributed by atoms with Gasteiger partial charge >= 0.3 is 0 Å². The molecule has 0 radical (unpaired) electrons. The number of amides is 1. The summed E-state index contributed by atoms with van der Waals surface area (Å²) in [5, 5.41) is 2.42. The summed E-state index contributed by atoms with van der Waals surface area (Å²) in [6.45, 7) is 1.52. The highest BCUT2D eigenvalue weighted by Crippen LogP contribution is 2.20. The van der Waals surface area contributed by atoms with E-state index < -0.39 is 27.6 Å². The van der Waals surface area contributed by atoms with Crippen LogP contribution in [0.3, 0.4) is 0 Å².